The largest absolute Gasteiger partial charge is 0.497 e. The number of nitrogens with zero attached hydrogens (tertiary/aromatic N) is 2. The third kappa shape index (κ3) is 3.73. The van der Waals surface area contributed by atoms with Crippen molar-refractivity contribution in [3.8, 4) is 16.3 Å². The maximum absolute atomic E-state index is 12.2. The molecular formula is C17H19N3O3S. The molecule has 0 saturated carbocycles. The Labute approximate surface area is 144 Å². The van der Waals surface area contributed by atoms with Crippen molar-refractivity contribution in [1.29, 1.82) is 0 Å². The molecule has 2 aromatic rings. The fourth-order valence-corrected chi connectivity index (χ4v) is 3.38. The molecule has 0 unspecified atom stereocenters. The molecule has 0 aliphatic carbocycles. The molecule has 126 valence electrons. The maximum atomic E-state index is 12.2. The van der Waals surface area contributed by atoms with Crippen LogP contribution in [0.3, 0.4) is 0 Å². The van der Waals surface area contributed by atoms with Crippen molar-refractivity contribution < 1.29 is 14.3 Å². The number of nitrogens with one attached hydrogen (secondary N) is 1. The molecule has 1 aromatic heterocycles. The fourth-order valence-electron chi connectivity index (χ4n) is 2.57. The number of thiazole rings is 1. The third-order valence-corrected chi connectivity index (χ3v) is 4.82. The number of aromatic nitrogens is 1. The van der Waals surface area contributed by atoms with Gasteiger partial charge >= 0.3 is 0 Å². The van der Waals surface area contributed by atoms with Gasteiger partial charge in [-0.25, -0.2) is 4.98 Å². The summed E-state index contributed by atoms with van der Waals surface area (Å²) in [4.78, 5) is 30.2. The van der Waals surface area contributed by atoms with Crippen LogP contribution >= 0.6 is 11.3 Å². The molecule has 0 bridgehead atoms. The van der Waals surface area contributed by atoms with Gasteiger partial charge in [-0.15, -0.1) is 11.3 Å². The quantitative estimate of drug-likeness (QED) is 0.901. The SMILES string of the molecule is COc1ccc(-c2nc(C(=O)NCC(=O)N3CCCC3)cs2)cc1. The van der Waals surface area contributed by atoms with Crippen molar-refractivity contribution in [2.45, 2.75) is 12.8 Å². The molecule has 0 atom stereocenters. The van der Waals surface area contributed by atoms with Crippen LogP contribution in [0, 0.1) is 0 Å². The molecule has 0 spiro atoms. The first-order chi connectivity index (χ1) is 11.7. The lowest BCUT2D eigenvalue weighted by Crippen LogP contribution is -2.38. The zero-order valence-corrected chi connectivity index (χ0v) is 14.3. The molecule has 2 amide bonds. The molecule has 0 radical (unpaired) electrons. The van der Waals surface area contributed by atoms with E-state index in [4.69, 9.17) is 4.74 Å². The Morgan fingerprint density at radius 3 is 2.62 bits per heavy atom. The topological polar surface area (TPSA) is 71.5 Å². The van der Waals surface area contributed by atoms with Crippen LogP contribution in [0.4, 0.5) is 0 Å². The normalized spacial score (nSPS) is 13.8. The monoisotopic (exact) mass is 345 g/mol. The summed E-state index contributed by atoms with van der Waals surface area (Å²) >= 11 is 1.40. The summed E-state index contributed by atoms with van der Waals surface area (Å²) in [5.41, 5.74) is 1.26. The molecule has 6 nitrogen and oxygen atoms in total. The van der Waals surface area contributed by atoms with Crippen molar-refractivity contribution >= 4 is 23.2 Å². The lowest BCUT2D eigenvalue weighted by molar-refractivity contribution is -0.129. The second kappa shape index (κ2) is 7.44. The van der Waals surface area contributed by atoms with Gasteiger partial charge in [0.25, 0.3) is 5.91 Å². The van der Waals surface area contributed by atoms with E-state index in [1.165, 1.54) is 11.3 Å². The molecule has 7 heteroatoms. The van der Waals surface area contributed by atoms with Crippen LogP contribution in [0.1, 0.15) is 23.3 Å². The van der Waals surface area contributed by atoms with Crippen LogP contribution in [-0.2, 0) is 4.79 Å². The standard InChI is InChI=1S/C17H19N3O3S/c1-23-13-6-4-12(5-7-13)17-19-14(11-24-17)16(22)18-10-15(21)20-8-2-3-9-20/h4-7,11H,2-3,8-10H2,1H3,(H,18,22). The van der Waals surface area contributed by atoms with Crippen LogP contribution < -0.4 is 10.1 Å². The van der Waals surface area contributed by atoms with E-state index in [-0.39, 0.29) is 18.4 Å². The lowest BCUT2D eigenvalue weighted by atomic mass is 10.2. The molecule has 24 heavy (non-hydrogen) atoms. The van der Waals surface area contributed by atoms with Crippen molar-refractivity contribution in [3.05, 3.63) is 35.3 Å². The minimum absolute atomic E-state index is 0.0221. The van der Waals surface area contributed by atoms with Crippen molar-refractivity contribution in [3.63, 3.8) is 0 Å². The minimum Gasteiger partial charge on any atom is -0.497 e. The van der Waals surface area contributed by atoms with Gasteiger partial charge in [-0.2, -0.15) is 0 Å². The van der Waals surface area contributed by atoms with Gasteiger partial charge in [-0.1, -0.05) is 0 Å². The molecule has 1 aliphatic heterocycles. The molecule has 1 aromatic carbocycles. The predicted octanol–water partition coefficient (Wildman–Crippen LogP) is 2.17. The number of ether oxygens (including phenoxy) is 1. The van der Waals surface area contributed by atoms with E-state index < -0.39 is 0 Å². The first kappa shape index (κ1) is 16.4. The molecule has 3 rings (SSSR count). The highest BCUT2D eigenvalue weighted by molar-refractivity contribution is 7.13. The van der Waals surface area contributed by atoms with E-state index in [1.54, 1.807) is 17.4 Å². The van der Waals surface area contributed by atoms with E-state index in [9.17, 15) is 9.59 Å². The first-order valence-corrected chi connectivity index (χ1v) is 8.71. The number of likely N-dealkylation sites (tertiary alicyclic amines) is 1. The van der Waals surface area contributed by atoms with Gasteiger partial charge in [0.05, 0.1) is 13.7 Å². The number of carbonyl (C=O) groups is 2. The number of hydrogen-bond donors (Lipinski definition) is 1. The van der Waals surface area contributed by atoms with Gasteiger partial charge in [0, 0.05) is 24.0 Å². The van der Waals surface area contributed by atoms with E-state index in [0.29, 0.717) is 5.69 Å². The number of methoxy groups -OCH3 is 1. The van der Waals surface area contributed by atoms with Crippen molar-refractivity contribution in [1.82, 2.24) is 15.2 Å². The van der Waals surface area contributed by atoms with E-state index in [2.05, 4.69) is 10.3 Å². The summed E-state index contributed by atoms with van der Waals surface area (Å²) in [5, 5.41) is 5.11. The highest BCUT2D eigenvalue weighted by atomic mass is 32.1. The maximum Gasteiger partial charge on any atom is 0.271 e. The number of amides is 2. The first-order valence-electron chi connectivity index (χ1n) is 7.83. The number of rotatable bonds is 5. The van der Waals surface area contributed by atoms with Gasteiger partial charge in [0.2, 0.25) is 5.91 Å². The average molecular weight is 345 g/mol. The van der Waals surface area contributed by atoms with E-state index in [0.717, 1.165) is 42.3 Å². The Hall–Kier alpha value is -2.41. The number of hydrogen-bond acceptors (Lipinski definition) is 5. The van der Waals surface area contributed by atoms with Crippen molar-refractivity contribution in [2.24, 2.45) is 0 Å². The summed E-state index contributed by atoms with van der Waals surface area (Å²) in [6.45, 7) is 1.59. The number of benzene rings is 1. The Kier molecular flexibility index (Phi) is 5.10. The van der Waals surface area contributed by atoms with Crippen LogP contribution in [-0.4, -0.2) is 48.4 Å². The highest BCUT2D eigenvalue weighted by Gasteiger charge is 2.19. The molecule has 1 N–H and O–H groups in total. The smallest absolute Gasteiger partial charge is 0.271 e. The molecule has 1 fully saturated rings. The minimum atomic E-state index is -0.321. The average Bonchev–Trinajstić information content (AvgIpc) is 3.31. The summed E-state index contributed by atoms with van der Waals surface area (Å²) in [7, 11) is 1.62. The summed E-state index contributed by atoms with van der Waals surface area (Å²) in [5.74, 6) is 0.415. The summed E-state index contributed by atoms with van der Waals surface area (Å²) < 4.78 is 5.13. The lowest BCUT2D eigenvalue weighted by Gasteiger charge is -2.15. The predicted molar refractivity (Wildman–Crippen MR) is 92.2 cm³/mol. The molecule has 1 saturated heterocycles. The zero-order valence-electron chi connectivity index (χ0n) is 13.4. The highest BCUT2D eigenvalue weighted by Crippen LogP contribution is 2.25. The van der Waals surface area contributed by atoms with Crippen LogP contribution in [0.15, 0.2) is 29.6 Å². The summed E-state index contributed by atoms with van der Waals surface area (Å²) in [6, 6.07) is 7.50. The van der Waals surface area contributed by atoms with Gasteiger partial charge in [-0.05, 0) is 37.1 Å². The van der Waals surface area contributed by atoms with Gasteiger partial charge in [0.1, 0.15) is 16.5 Å². The van der Waals surface area contributed by atoms with Crippen LogP contribution in [0.2, 0.25) is 0 Å². The molecule has 2 heterocycles. The Morgan fingerprint density at radius 2 is 1.96 bits per heavy atom. The van der Waals surface area contributed by atoms with Gasteiger partial charge < -0.3 is 15.0 Å². The molecule has 1 aliphatic rings. The summed E-state index contributed by atoms with van der Waals surface area (Å²) in [6.07, 6.45) is 2.08. The zero-order chi connectivity index (χ0) is 16.9. The Balaban J connectivity index is 1.59. The van der Waals surface area contributed by atoms with E-state index in [1.807, 2.05) is 24.3 Å². The number of carbonyl (C=O) groups excluding carboxylic acids is 2. The van der Waals surface area contributed by atoms with Gasteiger partial charge in [0.15, 0.2) is 0 Å². The van der Waals surface area contributed by atoms with Crippen molar-refractivity contribution in [2.75, 3.05) is 26.7 Å². The fraction of sp³-hybridized carbons (Fsp3) is 0.353. The van der Waals surface area contributed by atoms with Crippen LogP contribution in [0.5, 0.6) is 5.75 Å². The Morgan fingerprint density at radius 1 is 1.25 bits per heavy atom. The third-order valence-electron chi connectivity index (χ3n) is 3.93. The van der Waals surface area contributed by atoms with Gasteiger partial charge in [-0.3, -0.25) is 9.59 Å². The Bertz CT molecular complexity index is 721. The van der Waals surface area contributed by atoms with Crippen LogP contribution in [0.25, 0.3) is 10.6 Å². The second-order valence-electron chi connectivity index (χ2n) is 5.54. The molecular weight excluding hydrogens is 326 g/mol. The van der Waals surface area contributed by atoms with E-state index >= 15 is 0 Å². The second-order valence-corrected chi connectivity index (χ2v) is 6.40.